The predicted octanol–water partition coefficient (Wildman–Crippen LogP) is 3.52. The third kappa shape index (κ3) is 3.66. The van der Waals surface area contributed by atoms with E-state index in [1.165, 1.54) is 6.20 Å². The van der Waals surface area contributed by atoms with Gasteiger partial charge in [0.05, 0.1) is 33.6 Å². The molecule has 1 N–H and O–H groups in total. The Balaban J connectivity index is 2.43. The van der Waals surface area contributed by atoms with Crippen LogP contribution in [0.3, 0.4) is 0 Å². The van der Waals surface area contributed by atoms with E-state index in [2.05, 4.69) is 10.2 Å². The SMILES string of the molecule is CC(O)Cc1cnn(-c2c(Cl)cc(C(F)(F)F)cc2Cl)n1. The van der Waals surface area contributed by atoms with Crippen LogP contribution in [-0.4, -0.2) is 26.2 Å². The van der Waals surface area contributed by atoms with Gasteiger partial charge in [0.25, 0.3) is 0 Å². The molecule has 0 radical (unpaired) electrons. The van der Waals surface area contributed by atoms with Crippen molar-refractivity contribution in [1.82, 2.24) is 15.0 Å². The first kappa shape index (κ1) is 16.1. The third-order valence-corrected chi connectivity index (χ3v) is 3.16. The van der Waals surface area contributed by atoms with Crippen molar-refractivity contribution in [2.75, 3.05) is 0 Å². The summed E-state index contributed by atoms with van der Waals surface area (Å²) in [5.74, 6) is 0. The van der Waals surface area contributed by atoms with Crippen LogP contribution in [0.25, 0.3) is 5.69 Å². The van der Waals surface area contributed by atoms with Gasteiger partial charge in [0.1, 0.15) is 5.69 Å². The minimum Gasteiger partial charge on any atom is -0.393 e. The smallest absolute Gasteiger partial charge is 0.393 e. The molecule has 4 nitrogen and oxygen atoms in total. The lowest BCUT2D eigenvalue weighted by molar-refractivity contribution is -0.137. The van der Waals surface area contributed by atoms with Crippen LogP contribution < -0.4 is 0 Å². The van der Waals surface area contributed by atoms with Crippen LogP contribution in [-0.2, 0) is 12.6 Å². The fraction of sp³-hybridized carbons (Fsp3) is 0.333. The summed E-state index contributed by atoms with van der Waals surface area (Å²) in [6.07, 6.45) is -3.51. The number of alkyl halides is 3. The van der Waals surface area contributed by atoms with Gasteiger partial charge in [0.2, 0.25) is 0 Å². The largest absolute Gasteiger partial charge is 0.416 e. The van der Waals surface area contributed by atoms with Crippen LogP contribution in [0.5, 0.6) is 0 Å². The third-order valence-electron chi connectivity index (χ3n) is 2.59. The molecule has 9 heteroatoms. The second-order valence-electron chi connectivity index (χ2n) is 4.46. The van der Waals surface area contributed by atoms with Gasteiger partial charge in [-0.05, 0) is 19.1 Å². The summed E-state index contributed by atoms with van der Waals surface area (Å²) in [7, 11) is 0. The minimum atomic E-state index is -4.54. The van der Waals surface area contributed by atoms with E-state index in [9.17, 15) is 18.3 Å². The Hall–Kier alpha value is -1.31. The summed E-state index contributed by atoms with van der Waals surface area (Å²) < 4.78 is 37.9. The number of aromatic nitrogens is 3. The second-order valence-corrected chi connectivity index (χ2v) is 5.28. The maximum absolute atomic E-state index is 12.6. The number of halogens is 5. The lowest BCUT2D eigenvalue weighted by Gasteiger charge is -2.11. The molecular formula is C12H10Cl2F3N3O. The lowest BCUT2D eigenvalue weighted by atomic mass is 10.2. The van der Waals surface area contributed by atoms with Gasteiger partial charge in [-0.1, -0.05) is 23.2 Å². The highest BCUT2D eigenvalue weighted by Gasteiger charge is 2.32. The van der Waals surface area contributed by atoms with Crippen LogP contribution in [0.1, 0.15) is 18.2 Å². The van der Waals surface area contributed by atoms with E-state index in [0.29, 0.717) is 5.69 Å². The van der Waals surface area contributed by atoms with Gasteiger partial charge in [0, 0.05) is 6.42 Å². The van der Waals surface area contributed by atoms with Crippen molar-refractivity contribution in [3.8, 4) is 5.69 Å². The Morgan fingerprint density at radius 3 is 2.33 bits per heavy atom. The number of benzene rings is 1. The zero-order valence-corrected chi connectivity index (χ0v) is 12.2. The fourth-order valence-corrected chi connectivity index (χ4v) is 2.36. The van der Waals surface area contributed by atoms with Crippen molar-refractivity contribution in [2.24, 2.45) is 0 Å². The molecule has 2 rings (SSSR count). The summed E-state index contributed by atoms with van der Waals surface area (Å²) in [6, 6.07) is 1.53. The topological polar surface area (TPSA) is 50.9 Å². The fourth-order valence-electron chi connectivity index (χ4n) is 1.72. The first-order valence-corrected chi connectivity index (χ1v) is 6.60. The lowest BCUT2D eigenvalue weighted by Crippen LogP contribution is -2.09. The summed E-state index contributed by atoms with van der Waals surface area (Å²) in [5, 5.41) is 16.8. The molecule has 0 saturated carbocycles. The van der Waals surface area contributed by atoms with Gasteiger partial charge in [-0.2, -0.15) is 23.4 Å². The normalized spacial score (nSPS) is 13.5. The number of nitrogens with zero attached hydrogens (tertiary/aromatic N) is 3. The zero-order valence-electron chi connectivity index (χ0n) is 10.7. The highest BCUT2D eigenvalue weighted by molar-refractivity contribution is 6.37. The Bertz CT molecular complexity index is 632. The Kier molecular flexibility index (Phi) is 4.46. The van der Waals surface area contributed by atoms with E-state index in [4.69, 9.17) is 23.2 Å². The van der Waals surface area contributed by atoms with Gasteiger partial charge in [-0.3, -0.25) is 0 Å². The van der Waals surface area contributed by atoms with Crippen molar-refractivity contribution >= 4 is 23.2 Å². The van der Waals surface area contributed by atoms with E-state index in [-0.39, 0.29) is 22.2 Å². The van der Waals surface area contributed by atoms with Gasteiger partial charge in [0.15, 0.2) is 0 Å². The maximum Gasteiger partial charge on any atom is 0.416 e. The van der Waals surface area contributed by atoms with E-state index in [0.717, 1.165) is 16.9 Å². The standard InChI is InChI=1S/C12H10Cl2F3N3O/c1-6(21)2-8-5-18-20(19-8)11-9(13)3-7(4-10(11)14)12(15,16)17/h3-6,21H,2H2,1H3. The average Bonchev–Trinajstić information content (AvgIpc) is 2.74. The highest BCUT2D eigenvalue weighted by atomic mass is 35.5. The molecule has 1 unspecified atom stereocenters. The molecule has 0 spiro atoms. The van der Waals surface area contributed by atoms with E-state index in [1.54, 1.807) is 6.92 Å². The molecular weight excluding hydrogens is 330 g/mol. The number of aliphatic hydroxyl groups excluding tert-OH is 1. The molecule has 0 bridgehead atoms. The first-order valence-electron chi connectivity index (χ1n) is 5.84. The summed E-state index contributed by atoms with van der Waals surface area (Å²) >= 11 is 11.7. The molecule has 2 aromatic rings. The highest BCUT2D eigenvalue weighted by Crippen LogP contribution is 2.37. The average molecular weight is 340 g/mol. The number of aliphatic hydroxyl groups is 1. The Labute approximate surface area is 128 Å². The first-order chi connectivity index (χ1) is 9.68. The monoisotopic (exact) mass is 339 g/mol. The van der Waals surface area contributed by atoms with Gasteiger partial charge < -0.3 is 5.11 Å². The van der Waals surface area contributed by atoms with Crippen LogP contribution in [0.15, 0.2) is 18.3 Å². The molecule has 114 valence electrons. The minimum absolute atomic E-state index is 0.0585. The quantitative estimate of drug-likeness (QED) is 0.930. The summed E-state index contributed by atoms with van der Waals surface area (Å²) in [5.41, 5.74) is -0.419. The number of hydrogen-bond acceptors (Lipinski definition) is 3. The van der Waals surface area contributed by atoms with E-state index in [1.807, 2.05) is 0 Å². The van der Waals surface area contributed by atoms with Crippen molar-refractivity contribution < 1.29 is 18.3 Å². The second kappa shape index (κ2) is 5.82. The number of rotatable bonds is 3. The van der Waals surface area contributed by atoms with Crippen molar-refractivity contribution in [3.05, 3.63) is 39.6 Å². The predicted molar refractivity (Wildman–Crippen MR) is 71.8 cm³/mol. The Morgan fingerprint density at radius 1 is 1.29 bits per heavy atom. The van der Waals surface area contributed by atoms with Gasteiger partial charge >= 0.3 is 6.18 Å². The van der Waals surface area contributed by atoms with Gasteiger partial charge in [-0.25, -0.2) is 0 Å². The van der Waals surface area contributed by atoms with Crippen LogP contribution in [0.2, 0.25) is 10.0 Å². The van der Waals surface area contributed by atoms with Crippen LogP contribution in [0.4, 0.5) is 13.2 Å². The molecule has 1 atom stereocenters. The summed E-state index contributed by atoms with van der Waals surface area (Å²) in [4.78, 5) is 1.04. The molecule has 0 fully saturated rings. The molecule has 1 aromatic heterocycles. The Morgan fingerprint density at radius 2 is 1.86 bits per heavy atom. The van der Waals surface area contributed by atoms with E-state index >= 15 is 0 Å². The molecule has 0 amide bonds. The molecule has 1 aromatic carbocycles. The molecule has 0 saturated heterocycles. The van der Waals surface area contributed by atoms with Crippen molar-refractivity contribution in [1.29, 1.82) is 0 Å². The number of hydrogen-bond donors (Lipinski definition) is 1. The van der Waals surface area contributed by atoms with Crippen LogP contribution >= 0.6 is 23.2 Å². The summed E-state index contributed by atoms with van der Waals surface area (Å²) in [6.45, 7) is 1.58. The van der Waals surface area contributed by atoms with Crippen molar-refractivity contribution in [3.63, 3.8) is 0 Å². The van der Waals surface area contributed by atoms with Crippen LogP contribution in [0, 0.1) is 0 Å². The molecule has 21 heavy (non-hydrogen) atoms. The molecule has 0 aliphatic rings. The molecule has 0 aliphatic heterocycles. The van der Waals surface area contributed by atoms with Gasteiger partial charge in [-0.15, -0.1) is 4.80 Å². The molecule has 1 heterocycles. The maximum atomic E-state index is 12.6. The van der Waals surface area contributed by atoms with Crippen molar-refractivity contribution in [2.45, 2.75) is 25.6 Å². The van der Waals surface area contributed by atoms with E-state index < -0.39 is 17.8 Å². The zero-order chi connectivity index (χ0) is 15.8. The molecule has 0 aliphatic carbocycles.